The fourth-order valence-corrected chi connectivity index (χ4v) is 3.15. The summed E-state index contributed by atoms with van der Waals surface area (Å²) in [6.07, 6.45) is 0. The van der Waals surface area contributed by atoms with Crippen molar-refractivity contribution >= 4 is 35.1 Å². The molecule has 2 amide bonds. The van der Waals surface area contributed by atoms with Gasteiger partial charge in [0.2, 0.25) is 0 Å². The molecule has 2 aromatic carbocycles. The highest BCUT2D eigenvalue weighted by Crippen LogP contribution is 2.23. The summed E-state index contributed by atoms with van der Waals surface area (Å²) < 4.78 is 18.7. The number of halogens is 2. The van der Waals surface area contributed by atoms with E-state index in [-0.39, 0.29) is 11.8 Å². The summed E-state index contributed by atoms with van der Waals surface area (Å²) in [5.41, 5.74) is 1.14. The fraction of sp³-hybridized carbons (Fsp3) is 0.235. The Balaban J connectivity index is 1.69. The van der Waals surface area contributed by atoms with Crippen LogP contribution in [0.4, 0.5) is 14.9 Å². The molecule has 2 aromatic rings. The highest BCUT2D eigenvalue weighted by Gasteiger charge is 2.07. The minimum Gasteiger partial charge on any atom is -0.497 e. The molecule has 0 aliphatic rings. The average molecular weight is 369 g/mol. The summed E-state index contributed by atoms with van der Waals surface area (Å²) in [6.45, 7) is 0.465. The van der Waals surface area contributed by atoms with Crippen molar-refractivity contribution in [2.24, 2.45) is 0 Å². The molecular weight excluding hydrogens is 351 g/mol. The number of hydrogen-bond donors (Lipinski definition) is 2. The van der Waals surface area contributed by atoms with Crippen LogP contribution in [0.25, 0.3) is 0 Å². The number of urea groups is 1. The third-order valence-corrected chi connectivity index (χ3v) is 4.51. The van der Waals surface area contributed by atoms with E-state index < -0.39 is 0 Å². The highest BCUT2D eigenvalue weighted by atomic mass is 35.5. The van der Waals surface area contributed by atoms with Crippen LogP contribution in [-0.4, -0.2) is 25.4 Å². The maximum Gasteiger partial charge on any atom is 0.319 e. The summed E-state index contributed by atoms with van der Waals surface area (Å²) in [7, 11) is 1.57. The van der Waals surface area contributed by atoms with Crippen LogP contribution in [0.3, 0.4) is 0 Å². The van der Waals surface area contributed by atoms with Crippen molar-refractivity contribution < 1.29 is 13.9 Å². The molecule has 0 aromatic heterocycles. The van der Waals surface area contributed by atoms with E-state index in [1.807, 2.05) is 0 Å². The van der Waals surface area contributed by atoms with Crippen LogP contribution in [0.5, 0.6) is 5.75 Å². The second kappa shape index (κ2) is 9.39. The number of nitrogens with one attached hydrogen (secondary N) is 2. The van der Waals surface area contributed by atoms with Crippen LogP contribution >= 0.6 is 23.4 Å². The summed E-state index contributed by atoms with van der Waals surface area (Å²) >= 11 is 7.47. The standard InChI is InChI=1S/C17H18ClFN2O2S/c1-23-13-5-2-4-12(10-13)21-17(22)20-8-9-24-11-14-15(18)6-3-7-16(14)19/h2-7,10H,8-9,11H2,1H3,(H2,20,21,22). The topological polar surface area (TPSA) is 50.4 Å². The largest absolute Gasteiger partial charge is 0.497 e. The molecule has 2 N–H and O–H groups in total. The Morgan fingerprint density at radius 3 is 2.83 bits per heavy atom. The molecule has 0 unspecified atom stereocenters. The molecule has 0 saturated carbocycles. The van der Waals surface area contributed by atoms with E-state index in [1.54, 1.807) is 43.5 Å². The number of carbonyl (C=O) groups excluding carboxylic acids is 1. The van der Waals surface area contributed by atoms with Crippen molar-refractivity contribution in [1.82, 2.24) is 5.32 Å². The van der Waals surface area contributed by atoms with E-state index >= 15 is 0 Å². The summed E-state index contributed by atoms with van der Waals surface area (Å²) in [4.78, 5) is 11.8. The van der Waals surface area contributed by atoms with Crippen molar-refractivity contribution in [1.29, 1.82) is 0 Å². The molecule has 2 rings (SSSR count). The number of thioether (sulfide) groups is 1. The molecule has 0 fully saturated rings. The van der Waals surface area contributed by atoms with Gasteiger partial charge in [-0.05, 0) is 24.3 Å². The number of hydrogen-bond acceptors (Lipinski definition) is 3. The molecule has 4 nitrogen and oxygen atoms in total. The Bertz CT molecular complexity index is 680. The Morgan fingerprint density at radius 1 is 1.29 bits per heavy atom. The van der Waals surface area contributed by atoms with Crippen molar-refractivity contribution in [3.63, 3.8) is 0 Å². The van der Waals surface area contributed by atoms with Crippen LogP contribution < -0.4 is 15.4 Å². The van der Waals surface area contributed by atoms with Gasteiger partial charge in [-0.1, -0.05) is 23.7 Å². The van der Waals surface area contributed by atoms with E-state index in [2.05, 4.69) is 10.6 Å². The molecule has 0 atom stereocenters. The molecule has 0 bridgehead atoms. The van der Waals surface area contributed by atoms with Gasteiger partial charge >= 0.3 is 6.03 Å². The Morgan fingerprint density at radius 2 is 2.08 bits per heavy atom. The van der Waals surface area contributed by atoms with Gasteiger partial charge in [-0.15, -0.1) is 0 Å². The number of benzene rings is 2. The zero-order valence-electron chi connectivity index (χ0n) is 13.1. The zero-order chi connectivity index (χ0) is 17.4. The highest BCUT2D eigenvalue weighted by molar-refractivity contribution is 7.98. The Kier molecular flexibility index (Phi) is 7.21. The number of rotatable bonds is 7. The lowest BCUT2D eigenvalue weighted by Gasteiger charge is -2.09. The number of ether oxygens (including phenoxy) is 1. The van der Waals surface area contributed by atoms with E-state index in [4.69, 9.17) is 16.3 Å². The van der Waals surface area contributed by atoms with Gasteiger partial charge in [-0.2, -0.15) is 11.8 Å². The predicted octanol–water partition coefficient (Wildman–Crippen LogP) is 4.54. The number of anilines is 1. The van der Waals surface area contributed by atoms with Crippen molar-refractivity contribution in [3.8, 4) is 5.75 Å². The van der Waals surface area contributed by atoms with E-state index in [9.17, 15) is 9.18 Å². The van der Waals surface area contributed by atoms with Gasteiger partial charge in [0.1, 0.15) is 11.6 Å². The fourth-order valence-electron chi connectivity index (χ4n) is 1.96. The van der Waals surface area contributed by atoms with E-state index in [0.717, 1.165) is 0 Å². The first kappa shape index (κ1) is 18.4. The van der Waals surface area contributed by atoms with Crippen LogP contribution in [0.15, 0.2) is 42.5 Å². The van der Waals surface area contributed by atoms with Gasteiger partial charge in [-0.3, -0.25) is 0 Å². The molecule has 0 aliphatic heterocycles. The maximum atomic E-state index is 13.6. The van der Waals surface area contributed by atoms with Crippen LogP contribution in [0, 0.1) is 5.82 Å². The van der Waals surface area contributed by atoms with Crippen molar-refractivity contribution in [2.45, 2.75) is 5.75 Å². The summed E-state index contributed by atoms with van der Waals surface area (Å²) in [6, 6.07) is 11.4. The van der Waals surface area contributed by atoms with Gasteiger partial charge in [0.25, 0.3) is 0 Å². The van der Waals surface area contributed by atoms with E-state index in [1.165, 1.54) is 17.8 Å². The van der Waals surface area contributed by atoms with Crippen LogP contribution in [0.2, 0.25) is 5.02 Å². The monoisotopic (exact) mass is 368 g/mol. The maximum absolute atomic E-state index is 13.6. The predicted molar refractivity (Wildman–Crippen MR) is 97.6 cm³/mol. The molecule has 128 valence electrons. The van der Waals surface area contributed by atoms with E-state index in [0.29, 0.717) is 40.1 Å². The van der Waals surface area contributed by atoms with Gasteiger partial charge in [0.15, 0.2) is 0 Å². The molecule has 7 heteroatoms. The second-order valence-electron chi connectivity index (χ2n) is 4.87. The molecule has 0 spiro atoms. The molecule has 0 saturated heterocycles. The average Bonchev–Trinajstić information content (AvgIpc) is 2.57. The molecular formula is C17H18ClFN2O2S. The third-order valence-electron chi connectivity index (χ3n) is 3.17. The number of amides is 2. The van der Waals surface area contributed by atoms with Crippen LogP contribution in [-0.2, 0) is 5.75 Å². The lowest BCUT2D eigenvalue weighted by atomic mass is 10.2. The lowest BCUT2D eigenvalue weighted by molar-refractivity contribution is 0.252. The molecule has 0 aliphatic carbocycles. The Labute approximate surface area is 149 Å². The quantitative estimate of drug-likeness (QED) is 0.705. The van der Waals surface area contributed by atoms with Gasteiger partial charge in [0.05, 0.1) is 7.11 Å². The molecule has 0 radical (unpaired) electrons. The van der Waals surface area contributed by atoms with Crippen LogP contribution in [0.1, 0.15) is 5.56 Å². The summed E-state index contributed by atoms with van der Waals surface area (Å²) in [5, 5.41) is 5.89. The molecule has 0 heterocycles. The van der Waals surface area contributed by atoms with Gasteiger partial charge in [-0.25, -0.2) is 9.18 Å². The normalized spacial score (nSPS) is 10.3. The van der Waals surface area contributed by atoms with Crippen molar-refractivity contribution in [2.75, 3.05) is 24.7 Å². The minimum absolute atomic E-state index is 0.298. The molecule has 24 heavy (non-hydrogen) atoms. The second-order valence-corrected chi connectivity index (χ2v) is 6.38. The Hall–Kier alpha value is -1.92. The minimum atomic E-state index is -0.307. The van der Waals surface area contributed by atoms with Gasteiger partial charge in [0, 0.05) is 40.4 Å². The zero-order valence-corrected chi connectivity index (χ0v) is 14.7. The van der Waals surface area contributed by atoms with Gasteiger partial charge < -0.3 is 15.4 Å². The first-order valence-electron chi connectivity index (χ1n) is 7.29. The SMILES string of the molecule is COc1cccc(NC(=O)NCCSCc2c(F)cccc2Cl)c1. The van der Waals surface area contributed by atoms with Crippen molar-refractivity contribution in [3.05, 3.63) is 58.9 Å². The lowest BCUT2D eigenvalue weighted by Crippen LogP contribution is -2.30. The first-order valence-corrected chi connectivity index (χ1v) is 8.83. The first-order chi connectivity index (χ1) is 11.6. The summed E-state index contributed by atoms with van der Waals surface area (Å²) in [5.74, 6) is 1.48. The number of methoxy groups -OCH3 is 1. The number of carbonyl (C=O) groups is 1. The third kappa shape index (κ3) is 5.62. The smallest absolute Gasteiger partial charge is 0.319 e.